The van der Waals surface area contributed by atoms with E-state index in [4.69, 9.17) is 4.42 Å². The van der Waals surface area contributed by atoms with Crippen molar-refractivity contribution in [2.45, 2.75) is 57.7 Å². The number of benzene rings is 1. The SMILES string of the molecule is CCc1nnc(C(C)N2CCCC2CC(O)c2ccccc2)o1. The van der Waals surface area contributed by atoms with Gasteiger partial charge < -0.3 is 9.52 Å². The summed E-state index contributed by atoms with van der Waals surface area (Å²) in [6, 6.07) is 10.3. The molecule has 5 heteroatoms. The molecule has 1 fully saturated rings. The van der Waals surface area contributed by atoms with Crippen molar-refractivity contribution in [1.29, 1.82) is 0 Å². The molecule has 3 atom stereocenters. The lowest BCUT2D eigenvalue weighted by Crippen LogP contribution is -2.33. The molecule has 124 valence electrons. The second-order valence-corrected chi connectivity index (χ2v) is 6.26. The maximum absolute atomic E-state index is 10.5. The molecule has 0 saturated carbocycles. The van der Waals surface area contributed by atoms with Gasteiger partial charge in [-0.05, 0) is 38.3 Å². The Morgan fingerprint density at radius 3 is 2.78 bits per heavy atom. The van der Waals surface area contributed by atoms with Crippen LogP contribution in [0.5, 0.6) is 0 Å². The van der Waals surface area contributed by atoms with Crippen molar-refractivity contribution in [1.82, 2.24) is 15.1 Å². The molecule has 0 spiro atoms. The third kappa shape index (κ3) is 3.62. The van der Waals surface area contributed by atoms with Crippen molar-refractivity contribution in [2.75, 3.05) is 6.54 Å². The molecule has 2 aromatic rings. The highest BCUT2D eigenvalue weighted by Crippen LogP contribution is 2.33. The third-order valence-electron chi connectivity index (χ3n) is 4.74. The maximum atomic E-state index is 10.5. The van der Waals surface area contributed by atoms with Crippen LogP contribution < -0.4 is 0 Å². The predicted molar refractivity (Wildman–Crippen MR) is 87.8 cm³/mol. The summed E-state index contributed by atoms with van der Waals surface area (Å²) in [6.45, 7) is 5.13. The zero-order valence-corrected chi connectivity index (χ0v) is 13.9. The van der Waals surface area contributed by atoms with Crippen LogP contribution in [-0.4, -0.2) is 32.8 Å². The third-order valence-corrected chi connectivity index (χ3v) is 4.74. The molecular formula is C18H25N3O2. The minimum Gasteiger partial charge on any atom is -0.424 e. The van der Waals surface area contributed by atoms with Gasteiger partial charge in [-0.25, -0.2) is 0 Å². The summed E-state index contributed by atoms with van der Waals surface area (Å²) >= 11 is 0. The summed E-state index contributed by atoms with van der Waals surface area (Å²) < 4.78 is 5.72. The van der Waals surface area contributed by atoms with Gasteiger partial charge in [0, 0.05) is 12.5 Å². The average Bonchev–Trinajstić information content (AvgIpc) is 3.24. The molecule has 3 rings (SSSR count). The molecular weight excluding hydrogens is 290 g/mol. The van der Waals surface area contributed by atoms with Crippen LogP contribution in [0.2, 0.25) is 0 Å². The smallest absolute Gasteiger partial charge is 0.233 e. The van der Waals surface area contributed by atoms with Crippen LogP contribution in [0.15, 0.2) is 34.7 Å². The van der Waals surface area contributed by atoms with Crippen LogP contribution in [0.25, 0.3) is 0 Å². The number of hydrogen-bond acceptors (Lipinski definition) is 5. The Kier molecular flexibility index (Phi) is 5.08. The minimum atomic E-state index is -0.428. The Morgan fingerprint density at radius 1 is 1.30 bits per heavy atom. The number of likely N-dealkylation sites (tertiary alicyclic amines) is 1. The molecule has 0 aliphatic carbocycles. The average molecular weight is 315 g/mol. The predicted octanol–water partition coefficient (Wildman–Crippen LogP) is 3.28. The molecule has 0 radical (unpaired) electrons. The Bertz CT molecular complexity index is 614. The Morgan fingerprint density at radius 2 is 2.09 bits per heavy atom. The van der Waals surface area contributed by atoms with Crippen LogP contribution in [0.4, 0.5) is 0 Å². The summed E-state index contributed by atoms with van der Waals surface area (Å²) in [6.07, 6.45) is 3.32. The van der Waals surface area contributed by atoms with Crippen molar-refractivity contribution < 1.29 is 9.52 Å². The van der Waals surface area contributed by atoms with Crippen LogP contribution >= 0.6 is 0 Å². The topological polar surface area (TPSA) is 62.4 Å². The molecule has 0 amide bonds. The van der Waals surface area contributed by atoms with Gasteiger partial charge in [0.1, 0.15) is 0 Å². The van der Waals surface area contributed by atoms with Gasteiger partial charge in [0.25, 0.3) is 0 Å². The summed E-state index contributed by atoms with van der Waals surface area (Å²) in [5, 5.41) is 18.8. The lowest BCUT2D eigenvalue weighted by atomic mass is 10.00. The molecule has 1 N–H and O–H groups in total. The van der Waals surface area contributed by atoms with E-state index >= 15 is 0 Å². The van der Waals surface area contributed by atoms with Crippen LogP contribution in [0.3, 0.4) is 0 Å². The van der Waals surface area contributed by atoms with Crippen molar-refractivity contribution in [3.8, 4) is 0 Å². The van der Waals surface area contributed by atoms with E-state index in [1.54, 1.807) is 0 Å². The molecule has 1 aromatic heterocycles. The number of aliphatic hydroxyl groups excluding tert-OH is 1. The Hall–Kier alpha value is -1.72. The number of aryl methyl sites for hydroxylation is 1. The first-order chi connectivity index (χ1) is 11.2. The van der Waals surface area contributed by atoms with Crippen molar-refractivity contribution >= 4 is 0 Å². The van der Waals surface area contributed by atoms with Crippen LogP contribution in [0, 0.1) is 0 Å². The molecule has 0 bridgehead atoms. The number of hydrogen-bond donors (Lipinski definition) is 1. The largest absolute Gasteiger partial charge is 0.424 e. The second kappa shape index (κ2) is 7.23. The fourth-order valence-corrected chi connectivity index (χ4v) is 3.41. The number of aromatic nitrogens is 2. The Balaban J connectivity index is 1.67. The fraction of sp³-hybridized carbons (Fsp3) is 0.556. The van der Waals surface area contributed by atoms with E-state index in [-0.39, 0.29) is 6.04 Å². The van der Waals surface area contributed by atoms with Crippen molar-refractivity contribution in [3.63, 3.8) is 0 Å². The van der Waals surface area contributed by atoms with E-state index in [9.17, 15) is 5.11 Å². The van der Waals surface area contributed by atoms with Gasteiger partial charge in [-0.1, -0.05) is 37.3 Å². The van der Waals surface area contributed by atoms with E-state index in [1.165, 1.54) is 0 Å². The van der Waals surface area contributed by atoms with Gasteiger partial charge in [-0.3, -0.25) is 4.90 Å². The normalized spacial score (nSPS) is 21.4. The van der Waals surface area contributed by atoms with Crippen molar-refractivity contribution in [3.05, 3.63) is 47.7 Å². The molecule has 5 nitrogen and oxygen atoms in total. The van der Waals surface area contributed by atoms with E-state index in [1.807, 2.05) is 37.3 Å². The zero-order valence-electron chi connectivity index (χ0n) is 13.9. The lowest BCUT2D eigenvalue weighted by Gasteiger charge is -2.30. The van der Waals surface area contributed by atoms with E-state index < -0.39 is 6.10 Å². The first-order valence-corrected chi connectivity index (χ1v) is 8.50. The van der Waals surface area contributed by atoms with Crippen molar-refractivity contribution in [2.24, 2.45) is 0 Å². The van der Waals surface area contributed by atoms with Crippen LogP contribution in [-0.2, 0) is 6.42 Å². The molecule has 3 unspecified atom stereocenters. The highest BCUT2D eigenvalue weighted by molar-refractivity contribution is 5.17. The molecule has 1 aliphatic heterocycles. The quantitative estimate of drug-likeness (QED) is 0.886. The summed E-state index contributed by atoms with van der Waals surface area (Å²) in [4.78, 5) is 2.39. The molecule has 2 heterocycles. The monoisotopic (exact) mass is 315 g/mol. The number of nitrogens with zero attached hydrogens (tertiary/aromatic N) is 3. The molecule has 1 saturated heterocycles. The minimum absolute atomic E-state index is 0.0956. The fourth-order valence-electron chi connectivity index (χ4n) is 3.41. The van der Waals surface area contributed by atoms with E-state index in [0.29, 0.717) is 17.8 Å². The van der Waals surface area contributed by atoms with E-state index in [2.05, 4.69) is 22.0 Å². The zero-order chi connectivity index (χ0) is 16.2. The van der Waals surface area contributed by atoms with Gasteiger partial charge >= 0.3 is 0 Å². The highest BCUT2D eigenvalue weighted by Gasteiger charge is 2.33. The van der Waals surface area contributed by atoms with Gasteiger partial charge in [0.15, 0.2) is 0 Å². The highest BCUT2D eigenvalue weighted by atomic mass is 16.4. The molecule has 1 aromatic carbocycles. The van der Waals surface area contributed by atoms with Gasteiger partial charge in [0.05, 0.1) is 12.1 Å². The number of rotatable bonds is 6. The Labute approximate surface area is 137 Å². The maximum Gasteiger partial charge on any atom is 0.233 e. The molecule has 1 aliphatic rings. The molecule has 23 heavy (non-hydrogen) atoms. The first-order valence-electron chi connectivity index (χ1n) is 8.50. The van der Waals surface area contributed by atoms with Gasteiger partial charge in [-0.2, -0.15) is 0 Å². The lowest BCUT2D eigenvalue weighted by molar-refractivity contribution is 0.0953. The first kappa shape index (κ1) is 16.1. The van der Waals surface area contributed by atoms with Gasteiger partial charge in [0.2, 0.25) is 11.8 Å². The summed E-state index contributed by atoms with van der Waals surface area (Å²) in [5.74, 6) is 1.37. The van der Waals surface area contributed by atoms with Crippen LogP contribution in [0.1, 0.15) is 62.6 Å². The number of aliphatic hydroxyl groups is 1. The summed E-state index contributed by atoms with van der Waals surface area (Å²) in [7, 11) is 0. The van der Waals surface area contributed by atoms with Gasteiger partial charge in [-0.15, -0.1) is 10.2 Å². The second-order valence-electron chi connectivity index (χ2n) is 6.26. The summed E-state index contributed by atoms with van der Waals surface area (Å²) in [5.41, 5.74) is 0.984. The van der Waals surface area contributed by atoms with E-state index in [0.717, 1.165) is 37.8 Å². The standard InChI is InChI=1S/C18H25N3O2/c1-3-17-19-20-18(23-17)13(2)21-11-7-10-15(21)12-16(22)14-8-5-4-6-9-14/h4-6,8-9,13,15-16,22H,3,7,10-12H2,1-2H3.